The van der Waals surface area contributed by atoms with Gasteiger partial charge in [0.15, 0.2) is 5.84 Å². The number of amides is 1. The van der Waals surface area contributed by atoms with Crippen LogP contribution in [0.4, 0.5) is 10.1 Å². The zero-order chi connectivity index (χ0) is 16.6. The lowest BCUT2D eigenvalue weighted by atomic mass is 10.1. The van der Waals surface area contributed by atoms with Gasteiger partial charge < -0.3 is 10.2 Å². The summed E-state index contributed by atoms with van der Waals surface area (Å²) in [4.78, 5) is 14.0. The molecule has 0 saturated heterocycles. The minimum Gasteiger partial charge on any atom is -0.331 e. The molecule has 2 aliphatic rings. The highest BCUT2D eigenvalue weighted by molar-refractivity contribution is 7.90. The first-order valence-electron chi connectivity index (χ1n) is 6.91. The van der Waals surface area contributed by atoms with Crippen molar-refractivity contribution in [3.63, 3.8) is 0 Å². The zero-order valence-electron chi connectivity index (χ0n) is 12.3. The topological polar surface area (TPSA) is 78.8 Å². The number of hydrogen-bond donors (Lipinski definition) is 1. The second kappa shape index (κ2) is 5.62. The molecule has 3 rings (SSSR count). The monoisotopic (exact) mass is 335 g/mol. The van der Waals surface area contributed by atoms with Crippen molar-refractivity contribution < 1.29 is 17.6 Å². The molecule has 1 amide bonds. The number of allylic oxidation sites excluding steroid dienone is 2. The van der Waals surface area contributed by atoms with Crippen molar-refractivity contribution in [2.45, 2.75) is 6.92 Å². The molecule has 0 spiro atoms. The SMILES string of the molecule is Cc1ccc(NC(=O)C2=CC=CN3CCS(=O)(=O)N=C23)c(F)c1. The lowest BCUT2D eigenvalue weighted by Gasteiger charge is -2.28. The molecule has 0 unspecified atom stereocenters. The molecule has 0 bridgehead atoms. The quantitative estimate of drug-likeness (QED) is 0.890. The van der Waals surface area contributed by atoms with E-state index in [-0.39, 0.29) is 29.4 Å². The third-order valence-electron chi connectivity index (χ3n) is 3.47. The average molecular weight is 335 g/mol. The van der Waals surface area contributed by atoms with Gasteiger partial charge in [-0.1, -0.05) is 6.07 Å². The van der Waals surface area contributed by atoms with Crippen molar-refractivity contribution in [1.29, 1.82) is 0 Å². The molecule has 2 heterocycles. The van der Waals surface area contributed by atoms with E-state index in [9.17, 15) is 17.6 Å². The first-order valence-corrected chi connectivity index (χ1v) is 8.52. The number of carbonyl (C=O) groups excluding carboxylic acids is 1. The number of sulfonamides is 1. The summed E-state index contributed by atoms with van der Waals surface area (Å²) >= 11 is 0. The average Bonchev–Trinajstić information content (AvgIpc) is 2.48. The van der Waals surface area contributed by atoms with Gasteiger partial charge in [-0.15, -0.1) is 4.40 Å². The molecule has 0 radical (unpaired) electrons. The summed E-state index contributed by atoms with van der Waals surface area (Å²) in [5, 5.41) is 2.45. The maximum atomic E-state index is 13.8. The van der Waals surface area contributed by atoms with E-state index in [4.69, 9.17) is 0 Å². The molecule has 8 heteroatoms. The standard InChI is InChI=1S/C15H14FN3O3S/c1-10-4-5-13(12(16)9-10)17-15(20)11-3-2-6-19-7-8-23(21,22)18-14(11)19/h2-6,9H,7-8H2,1H3,(H,17,20). The Morgan fingerprint density at radius 2 is 2.17 bits per heavy atom. The molecule has 2 aliphatic heterocycles. The second-order valence-electron chi connectivity index (χ2n) is 5.25. The Kier molecular flexibility index (Phi) is 3.77. The van der Waals surface area contributed by atoms with E-state index in [1.807, 2.05) is 0 Å². The van der Waals surface area contributed by atoms with E-state index in [0.717, 1.165) is 5.56 Å². The zero-order valence-corrected chi connectivity index (χ0v) is 13.1. The van der Waals surface area contributed by atoms with Gasteiger partial charge in [0.05, 0.1) is 17.0 Å². The van der Waals surface area contributed by atoms with Gasteiger partial charge in [0.25, 0.3) is 15.9 Å². The molecule has 1 aromatic carbocycles. The number of anilines is 1. The fraction of sp³-hybridized carbons (Fsp3) is 0.200. The molecule has 0 fully saturated rings. The van der Waals surface area contributed by atoms with E-state index < -0.39 is 21.7 Å². The van der Waals surface area contributed by atoms with Crippen molar-refractivity contribution in [2.24, 2.45) is 4.40 Å². The summed E-state index contributed by atoms with van der Waals surface area (Å²) in [6, 6.07) is 4.43. The van der Waals surface area contributed by atoms with Crippen LogP contribution >= 0.6 is 0 Å². The summed E-state index contributed by atoms with van der Waals surface area (Å²) in [6.45, 7) is 1.96. The van der Waals surface area contributed by atoms with Gasteiger partial charge in [0.2, 0.25) is 0 Å². The Morgan fingerprint density at radius 3 is 2.91 bits per heavy atom. The van der Waals surface area contributed by atoms with Crippen LogP contribution in [0.3, 0.4) is 0 Å². The molecular formula is C15H14FN3O3S. The van der Waals surface area contributed by atoms with E-state index in [2.05, 4.69) is 9.71 Å². The third kappa shape index (κ3) is 3.16. The highest BCUT2D eigenvalue weighted by atomic mass is 32.2. The maximum absolute atomic E-state index is 13.8. The van der Waals surface area contributed by atoms with E-state index in [0.29, 0.717) is 0 Å². The van der Waals surface area contributed by atoms with Crippen LogP contribution in [0.2, 0.25) is 0 Å². The Labute approximate surface area is 133 Å². The normalized spacial score (nSPS) is 18.8. The Hall–Kier alpha value is -2.48. The molecule has 0 aromatic heterocycles. The highest BCUT2D eigenvalue weighted by Gasteiger charge is 2.30. The van der Waals surface area contributed by atoms with Crippen molar-refractivity contribution in [3.05, 3.63) is 53.5 Å². The third-order valence-corrected chi connectivity index (χ3v) is 4.62. The maximum Gasteiger partial charge on any atom is 0.259 e. The second-order valence-corrected chi connectivity index (χ2v) is 7.01. The molecule has 0 atom stereocenters. The summed E-state index contributed by atoms with van der Waals surface area (Å²) in [5.41, 5.74) is 0.840. The number of halogens is 1. The molecule has 1 aromatic rings. The van der Waals surface area contributed by atoms with Crippen LogP contribution in [0.1, 0.15) is 5.56 Å². The number of nitrogens with zero attached hydrogens (tertiary/aromatic N) is 2. The van der Waals surface area contributed by atoms with Gasteiger partial charge in [-0.3, -0.25) is 4.79 Å². The summed E-state index contributed by atoms with van der Waals surface area (Å²) in [7, 11) is -3.59. The van der Waals surface area contributed by atoms with Crippen LogP contribution in [-0.2, 0) is 14.8 Å². The van der Waals surface area contributed by atoms with Crippen LogP contribution in [0.5, 0.6) is 0 Å². The Balaban J connectivity index is 1.91. The first kappa shape index (κ1) is 15.4. The van der Waals surface area contributed by atoms with Gasteiger partial charge in [0.1, 0.15) is 5.82 Å². The molecular weight excluding hydrogens is 321 g/mol. The van der Waals surface area contributed by atoms with Crippen molar-refractivity contribution in [2.75, 3.05) is 17.6 Å². The predicted molar refractivity (Wildman–Crippen MR) is 84.9 cm³/mol. The molecule has 0 aliphatic carbocycles. The van der Waals surface area contributed by atoms with E-state index in [1.54, 1.807) is 30.2 Å². The number of benzene rings is 1. The van der Waals surface area contributed by atoms with Gasteiger partial charge in [-0.2, -0.15) is 0 Å². The molecule has 1 N–H and O–H groups in total. The van der Waals surface area contributed by atoms with E-state index >= 15 is 0 Å². The number of aryl methyl sites for hydroxylation is 1. The van der Waals surface area contributed by atoms with Crippen molar-refractivity contribution in [1.82, 2.24) is 4.90 Å². The number of nitrogens with one attached hydrogen (secondary N) is 1. The van der Waals surface area contributed by atoms with Crippen LogP contribution in [0.25, 0.3) is 0 Å². The Bertz CT molecular complexity index is 872. The van der Waals surface area contributed by atoms with E-state index in [1.165, 1.54) is 18.2 Å². The van der Waals surface area contributed by atoms with Crippen LogP contribution in [0.15, 0.2) is 46.5 Å². The minimum absolute atomic E-state index is 0.0295. The number of amidine groups is 1. The van der Waals surface area contributed by atoms with Gasteiger partial charge in [-0.05, 0) is 36.8 Å². The van der Waals surface area contributed by atoms with Crippen molar-refractivity contribution >= 4 is 27.5 Å². The number of fused-ring (bicyclic) bond motifs is 1. The molecule has 6 nitrogen and oxygen atoms in total. The fourth-order valence-electron chi connectivity index (χ4n) is 2.30. The van der Waals surface area contributed by atoms with Crippen LogP contribution < -0.4 is 5.32 Å². The summed E-state index contributed by atoms with van der Waals surface area (Å²) in [5.74, 6) is -1.22. The fourth-order valence-corrected chi connectivity index (χ4v) is 3.29. The predicted octanol–water partition coefficient (Wildman–Crippen LogP) is 1.57. The number of rotatable bonds is 2. The van der Waals surface area contributed by atoms with Gasteiger partial charge >= 0.3 is 0 Å². The summed E-state index contributed by atoms with van der Waals surface area (Å²) in [6.07, 6.45) is 4.73. The van der Waals surface area contributed by atoms with Gasteiger partial charge in [-0.25, -0.2) is 12.8 Å². The smallest absolute Gasteiger partial charge is 0.259 e. The first-order chi connectivity index (χ1) is 10.9. The number of hydrogen-bond acceptors (Lipinski definition) is 4. The summed E-state index contributed by atoms with van der Waals surface area (Å²) < 4.78 is 40.8. The molecule has 0 saturated carbocycles. The Morgan fingerprint density at radius 1 is 1.39 bits per heavy atom. The van der Waals surface area contributed by atoms with Gasteiger partial charge in [0, 0.05) is 12.7 Å². The molecule has 23 heavy (non-hydrogen) atoms. The minimum atomic E-state index is -3.59. The van der Waals surface area contributed by atoms with Crippen molar-refractivity contribution in [3.8, 4) is 0 Å². The highest BCUT2D eigenvalue weighted by Crippen LogP contribution is 2.21. The number of carbonyl (C=O) groups is 1. The van der Waals surface area contributed by atoms with Crippen LogP contribution in [0, 0.1) is 12.7 Å². The molecule has 120 valence electrons. The largest absolute Gasteiger partial charge is 0.331 e. The lowest BCUT2D eigenvalue weighted by Crippen LogP contribution is -2.40. The lowest BCUT2D eigenvalue weighted by molar-refractivity contribution is -0.112. The van der Waals surface area contributed by atoms with Crippen LogP contribution in [-0.4, -0.2) is 37.4 Å².